The first-order chi connectivity index (χ1) is 7.74. The van der Waals surface area contributed by atoms with Crippen molar-refractivity contribution in [1.29, 1.82) is 0 Å². The van der Waals surface area contributed by atoms with Crippen molar-refractivity contribution in [3.63, 3.8) is 0 Å². The molecule has 0 aliphatic heterocycles. The van der Waals surface area contributed by atoms with Gasteiger partial charge in [0.1, 0.15) is 5.82 Å². The molecular weight excluding hydrogens is 198 g/mol. The van der Waals surface area contributed by atoms with Crippen LogP contribution in [-0.2, 0) is 13.0 Å². The average Bonchev–Trinajstić information content (AvgIpc) is 3.08. The Morgan fingerprint density at radius 1 is 1.44 bits per heavy atom. The van der Waals surface area contributed by atoms with Gasteiger partial charge in [-0.1, -0.05) is 13.8 Å². The van der Waals surface area contributed by atoms with Crippen LogP contribution >= 0.6 is 0 Å². The van der Waals surface area contributed by atoms with E-state index in [1.807, 2.05) is 12.3 Å². The first-order valence-electron chi connectivity index (χ1n) is 6.28. The number of aryl methyl sites for hydroxylation is 1. The molecule has 0 saturated heterocycles. The van der Waals surface area contributed by atoms with Gasteiger partial charge in [0, 0.05) is 25.2 Å². The zero-order chi connectivity index (χ0) is 11.4. The lowest BCUT2D eigenvalue weighted by molar-refractivity contribution is 0.571. The molecule has 0 atom stereocenters. The van der Waals surface area contributed by atoms with Crippen LogP contribution in [0.5, 0.6) is 0 Å². The summed E-state index contributed by atoms with van der Waals surface area (Å²) in [5.74, 6) is 1.71. The van der Waals surface area contributed by atoms with E-state index in [-0.39, 0.29) is 0 Å². The molecule has 0 bridgehead atoms. The molecule has 16 heavy (non-hydrogen) atoms. The van der Waals surface area contributed by atoms with Gasteiger partial charge < -0.3 is 5.32 Å². The van der Waals surface area contributed by atoms with Crippen molar-refractivity contribution in [2.45, 2.75) is 52.1 Å². The van der Waals surface area contributed by atoms with Crippen LogP contribution in [0.15, 0.2) is 12.3 Å². The molecule has 2 rings (SSSR count). The second-order valence-electron chi connectivity index (χ2n) is 5.05. The fourth-order valence-electron chi connectivity index (χ4n) is 1.61. The first-order valence-corrected chi connectivity index (χ1v) is 6.28. The molecule has 1 aliphatic rings. The third-order valence-corrected chi connectivity index (χ3v) is 2.86. The van der Waals surface area contributed by atoms with E-state index in [2.05, 4.69) is 29.1 Å². The molecule has 88 valence electrons. The lowest BCUT2D eigenvalue weighted by Crippen LogP contribution is -2.16. The molecular formula is C13H21N3. The quantitative estimate of drug-likeness (QED) is 0.798. The number of nitrogens with one attached hydrogen (secondary N) is 1. The summed E-state index contributed by atoms with van der Waals surface area (Å²) < 4.78 is 0. The maximum atomic E-state index is 4.57. The fourth-order valence-corrected chi connectivity index (χ4v) is 1.61. The molecule has 3 nitrogen and oxygen atoms in total. The Kier molecular flexibility index (Phi) is 3.88. The highest BCUT2D eigenvalue weighted by atomic mass is 15.0. The molecule has 0 spiro atoms. The predicted octanol–water partition coefficient (Wildman–Crippen LogP) is 2.32. The zero-order valence-corrected chi connectivity index (χ0v) is 10.2. The van der Waals surface area contributed by atoms with Crippen molar-refractivity contribution in [2.24, 2.45) is 5.92 Å². The van der Waals surface area contributed by atoms with Crippen LogP contribution in [0.3, 0.4) is 0 Å². The van der Waals surface area contributed by atoms with Crippen molar-refractivity contribution >= 4 is 0 Å². The Balaban J connectivity index is 1.84. The summed E-state index contributed by atoms with van der Waals surface area (Å²) in [6.07, 6.45) is 6.69. The highest BCUT2D eigenvalue weighted by Crippen LogP contribution is 2.19. The van der Waals surface area contributed by atoms with Gasteiger partial charge in [-0.15, -0.1) is 0 Å². The summed E-state index contributed by atoms with van der Waals surface area (Å²) in [6, 6.07) is 2.75. The molecule has 0 radical (unpaired) electrons. The van der Waals surface area contributed by atoms with Gasteiger partial charge in [-0.25, -0.2) is 9.97 Å². The molecule has 1 saturated carbocycles. The van der Waals surface area contributed by atoms with Crippen LogP contribution in [0.1, 0.15) is 44.6 Å². The van der Waals surface area contributed by atoms with Gasteiger partial charge in [0.25, 0.3) is 0 Å². The van der Waals surface area contributed by atoms with Gasteiger partial charge in [-0.2, -0.15) is 0 Å². The minimum atomic E-state index is 0.719. The second-order valence-corrected chi connectivity index (χ2v) is 5.05. The number of rotatable bonds is 6. The summed E-state index contributed by atoms with van der Waals surface area (Å²) in [6.45, 7) is 5.36. The van der Waals surface area contributed by atoms with E-state index >= 15 is 0 Å². The minimum Gasteiger partial charge on any atom is -0.308 e. The lowest BCUT2D eigenvalue weighted by atomic mass is 10.1. The Labute approximate surface area is 97.7 Å². The van der Waals surface area contributed by atoms with E-state index < -0.39 is 0 Å². The molecule has 1 fully saturated rings. The Morgan fingerprint density at radius 2 is 2.25 bits per heavy atom. The maximum absolute atomic E-state index is 4.57. The Morgan fingerprint density at radius 3 is 2.94 bits per heavy atom. The molecule has 0 aromatic carbocycles. The molecule has 0 unspecified atom stereocenters. The minimum absolute atomic E-state index is 0.719. The SMILES string of the molecule is CC(C)CCc1nccc(CNC2CC2)n1. The van der Waals surface area contributed by atoms with Gasteiger partial charge in [0.2, 0.25) is 0 Å². The molecule has 3 heteroatoms. The van der Waals surface area contributed by atoms with Crippen molar-refractivity contribution in [3.05, 3.63) is 23.8 Å². The average molecular weight is 219 g/mol. The van der Waals surface area contributed by atoms with Crippen LogP contribution in [0.2, 0.25) is 0 Å². The van der Waals surface area contributed by atoms with Crippen molar-refractivity contribution in [3.8, 4) is 0 Å². The third-order valence-electron chi connectivity index (χ3n) is 2.86. The Hall–Kier alpha value is -0.960. The largest absolute Gasteiger partial charge is 0.308 e. The molecule has 1 aromatic heterocycles. The van der Waals surface area contributed by atoms with Crippen molar-refractivity contribution < 1.29 is 0 Å². The standard InChI is InChI=1S/C13H21N3/c1-10(2)3-6-13-14-8-7-12(16-13)9-15-11-4-5-11/h7-8,10-11,15H,3-6,9H2,1-2H3. The normalized spacial score (nSPS) is 15.7. The van der Waals surface area contributed by atoms with Gasteiger partial charge in [0.05, 0.1) is 5.69 Å². The maximum Gasteiger partial charge on any atom is 0.128 e. The van der Waals surface area contributed by atoms with E-state index in [0.717, 1.165) is 36.4 Å². The van der Waals surface area contributed by atoms with Gasteiger partial charge in [-0.05, 0) is 31.2 Å². The second kappa shape index (κ2) is 5.39. The molecule has 1 aromatic rings. The highest BCUT2D eigenvalue weighted by molar-refractivity contribution is 5.03. The zero-order valence-electron chi connectivity index (χ0n) is 10.2. The van der Waals surface area contributed by atoms with Crippen LogP contribution in [-0.4, -0.2) is 16.0 Å². The summed E-state index contributed by atoms with van der Waals surface area (Å²) in [7, 11) is 0. The molecule has 1 N–H and O–H groups in total. The lowest BCUT2D eigenvalue weighted by Gasteiger charge is -2.06. The fraction of sp³-hybridized carbons (Fsp3) is 0.692. The van der Waals surface area contributed by atoms with Crippen LogP contribution in [0, 0.1) is 5.92 Å². The van der Waals surface area contributed by atoms with Crippen molar-refractivity contribution in [1.82, 2.24) is 15.3 Å². The van der Waals surface area contributed by atoms with Crippen LogP contribution < -0.4 is 5.32 Å². The number of nitrogens with zero attached hydrogens (tertiary/aromatic N) is 2. The van der Waals surface area contributed by atoms with Crippen molar-refractivity contribution in [2.75, 3.05) is 0 Å². The molecule has 0 amide bonds. The number of hydrogen-bond acceptors (Lipinski definition) is 3. The van der Waals surface area contributed by atoms with Gasteiger partial charge in [0.15, 0.2) is 0 Å². The van der Waals surface area contributed by atoms with Gasteiger partial charge in [-0.3, -0.25) is 0 Å². The molecule has 1 heterocycles. The summed E-state index contributed by atoms with van der Waals surface area (Å²) in [4.78, 5) is 8.89. The Bertz CT molecular complexity index is 310. The predicted molar refractivity (Wildman–Crippen MR) is 65.1 cm³/mol. The van der Waals surface area contributed by atoms with E-state index in [1.165, 1.54) is 19.3 Å². The van der Waals surface area contributed by atoms with Gasteiger partial charge >= 0.3 is 0 Å². The van der Waals surface area contributed by atoms with Crippen LogP contribution in [0.4, 0.5) is 0 Å². The van der Waals surface area contributed by atoms with Crippen LogP contribution in [0.25, 0.3) is 0 Å². The topological polar surface area (TPSA) is 37.8 Å². The monoisotopic (exact) mass is 219 g/mol. The van der Waals surface area contributed by atoms with E-state index in [1.54, 1.807) is 0 Å². The summed E-state index contributed by atoms with van der Waals surface area (Å²) in [5, 5.41) is 3.47. The van der Waals surface area contributed by atoms with E-state index in [4.69, 9.17) is 0 Å². The first kappa shape index (κ1) is 11.5. The smallest absolute Gasteiger partial charge is 0.128 e. The summed E-state index contributed by atoms with van der Waals surface area (Å²) in [5.41, 5.74) is 1.13. The third kappa shape index (κ3) is 3.89. The molecule has 1 aliphatic carbocycles. The van der Waals surface area contributed by atoms with E-state index in [0.29, 0.717) is 0 Å². The number of hydrogen-bond donors (Lipinski definition) is 1. The number of aromatic nitrogens is 2. The van der Waals surface area contributed by atoms with E-state index in [9.17, 15) is 0 Å². The summed E-state index contributed by atoms with van der Waals surface area (Å²) >= 11 is 0. The highest BCUT2D eigenvalue weighted by Gasteiger charge is 2.20.